The third-order valence-corrected chi connectivity index (χ3v) is 2.89. The van der Waals surface area contributed by atoms with Crippen molar-refractivity contribution < 1.29 is 14.3 Å². The van der Waals surface area contributed by atoms with Crippen LogP contribution < -0.4 is 5.32 Å². The maximum Gasteiger partial charge on any atom is 0.335 e. The summed E-state index contributed by atoms with van der Waals surface area (Å²) in [5.41, 5.74) is 0.891. The Morgan fingerprint density at radius 2 is 2.16 bits per heavy atom. The monoisotopic (exact) mass is 324 g/mol. The zero-order valence-electron chi connectivity index (χ0n) is 9.73. The summed E-state index contributed by atoms with van der Waals surface area (Å²) in [6, 6.07) is 9.00. The van der Waals surface area contributed by atoms with E-state index in [0.29, 0.717) is 11.1 Å². The number of carboxylic acids is 1. The molecule has 0 saturated carbocycles. The molecule has 0 unspecified atom stereocenters. The van der Waals surface area contributed by atoms with E-state index in [-0.39, 0.29) is 11.3 Å². The average Bonchev–Trinajstić information content (AvgIpc) is 2.37. The molecule has 0 aliphatic rings. The molecule has 98 valence electrons. The zero-order chi connectivity index (χ0) is 13.8. The minimum Gasteiger partial charge on any atom is -0.478 e. The van der Waals surface area contributed by atoms with Crippen molar-refractivity contribution in [3.8, 4) is 0 Å². The molecule has 0 atom stereocenters. The third kappa shape index (κ3) is 3.51. The smallest absolute Gasteiger partial charge is 0.335 e. The molecular formula is C13H10BrFN2O2. The maximum absolute atomic E-state index is 13.5. The first-order chi connectivity index (χ1) is 9.06. The van der Waals surface area contributed by atoms with Gasteiger partial charge in [-0.15, -0.1) is 0 Å². The van der Waals surface area contributed by atoms with E-state index in [1.807, 2.05) is 6.07 Å². The van der Waals surface area contributed by atoms with Crippen molar-refractivity contribution >= 4 is 27.6 Å². The predicted molar refractivity (Wildman–Crippen MR) is 72.6 cm³/mol. The molecule has 1 heterocycles. The van der Waals surface area contributed by atoms with Gasteiger partial charge >= 0.3 is 5.97 Å². The van der Waals surface area contributed by atoms with Gasteiger partial charge in [-0.25, -0.2) is 14.2 Å². The lowest BCUT2D eigenvalue weighted by atomic mass is 10.2. The van der Waals surface area contributed by atoms with Crippen molar-refractivity contribution in [1.82, 2.24) is 4.98 Å². The molecule has 2 N–H and O–H groups in total. The van der Waals surface area contributed by atoms with Gasteiger partial charge in [0.2, 0.25) is 0 Å². The van der Waals surface area contributed by atoms with Gasteiger partial charge in [-0.3, -0.25) is 0 Å². The van der Waals surface area contributed by atoms with Gasteiger partial charge in [0.15, 0.2) is 0 Å². The predicted octanol–water partition coefficient (Wildman–Crippen LogP) is 3.29. The fourth-order valence-corrected chi connectivity index (χ4v) is 1.91. The fourth-order valence-electron chi connectivity index (χ4n) is 1.53. The van der Waals surface area contributed by atoms with Crippen LogP contribution >= 0.6 is 15.9 Å². The molecule has 1 aromatic carbocycles. The van der Waals surface area contributed by atoms with Crippen molar-refractivity contribution in [1.29, 1.82) is 0 Å². The summed E-state index contributed by atoms with van der Waals surface area (Å²) in [6.45, 7) is 0.305. The Morgan fingerprint density at radius 1 is 1.37 bits per heavy atom. The molecule has 0 saturated heterocycles. The van der Waals surface area contributed by atoms with Crippen molar-refractivity contribution in [2.45, 2.75) is 6.54 Å². The highest BCUT2D eigenvalue weighted by Gasteiger charge is 2.08. The number of pyridine rings is 1. The second-order valence-electron chi connectivity index (χ2n) is 3.80. The van der Waals surface area contributed by atoms with Gasteiger partial charge in [0.05, 0.1) is 23.5 Å². The van der Waals surface area contributed by atoms with E-state index >= 15 is 0 Å². The highest BCUT2D eigenvalue weighted by molar-refractivity contribution is 9.10. The number of rotatable bonds is 4. The van der Waals surface area contributed by atoms with Gasteiger partial charge < -0.3 is 10.4 Å². The molecule has 1 aromatic heterocycles. The Hall–Kier alpha value is -1.95. The van der Waals surface area contributed by atoms with E-state index < -0.39 is 11.8 Å². The first-order valence-corrected chi connectivity index (χ1v) is 6.24. The molecule has 2 aromatic rings. The number of hydrogen-bond acceptors (Lipinski definition) is 3. The van der Waals surface area contributed by atoms with E-state index in [1.54, 1.807) is 12.1 Å². The van der Waals surface area contributed by atoms with Crippen LogP contribution in [0.5, 0.6) is 0 Å². The van der Waals surface area contributed by atoms with Gasteiger partial charge in [-0.1, -0.05) is 6.07 Å². The number of halogens is 2. The number of carboxylic acid groups (broad SMARTS) is 1. The first kappa shape index (κ1) is 13.5. The molecule has 0 amide bonds. The van der Waals surface area contributed by atoms with Crippen LogP contribution in [0.4, 0.5) is 10.1 Å². The van der Waals surface area contributed by atoms with Crippen LogP contribution in [0.25, 0.3) is 0 Å². The van der Waals surface area contributed by atoms with E-state index in [0.717, 1.165) is 11.8 Å². The lowest BCUT2D eigenvalue weighted by Crippen LogP contribution is -2.05. The van der Waals surface area contributed by atoms with Crippen LogP contribution in [0.2, 0.25) is 0 Å². The Morgan fingerprint density at radius 3 is 2.84 bits per heavy atom. The summed E-state index contributed by atoms with van der Waals surface area (Å²) < 4.78 is 14.2. The molecule has 0 bridgehead atoms. The number of benzene rings is 1. The number of hydrogen-bond donors (Lipinski definition) is 2. The number of anilines is 1. The second-order valence-corrected chi connectivity index (χ2v) is 4.62. The standard InChI is InChI=1S/C13H10BrFN2O2/c14-12-3-1-2-9(17-12)7-16-11-6-8(13(18)19)4-5-10(11)15/h1-6,16H,7H2,(H,18,19). The van der Waals surface area contributed by atoms with E-state index in [9.17, 15) is 9.18 Å². The number of aromatic nitrogens is 1. The number of carbonyl (C=O) groups is 1. The van der Waals surface area contributed by atoms with Crippen molar-refractivity contribution in [2.75, 3.05) is 5.32 Å². The zero-order valence-corrected chi connectivity index (χ0v) is 11.3. The van der Waals surface area contributed by atoms with Gasteiger partial charge in [0, 0.05) is 0 Å². The molecule has 0 spiro atoms. The molecule has 0 fully saturated rings. The molecule has 4 nitrogen and oxygen atoms in total. The third-order valence-electron chi connectivity index (χ3n) is 2.45. The summed E-state index contributed by atoms with van der Waals surface area (Å²) in [5, 5.41) is 11.7. The van der Waals surface area contributed by atoms with Gasteiger partial charge in [-0.2, -0.15) is 0 Å². The van der Waals surface area contributed by atoms with Crippen LogP contribution in [0.3, 0.4) is 0 Å². The Bertz CT molecular complexity index is 619. The minimum absolute atomic E-state index is 0.0334. The van der Waals surface area contributed by atoms with Crippen LogP contribution in [0.15, 0.2) is 41.0 Å². The first-order valence-electron chi connectivity index (χ1n) is 5.44. The molecular weight excluding hydrogens is 315 g/mol. The Kier molecular flexibility index (Phi) is 4.11. The molecule has 0 aliphatic heterocycles. The lowest BCUT2D eigenvalue weighted by Gasteiger charge is -2.08. The van der Waals surface area contributed by atoms with Crippen molar-refractivity contribution in [3.63, 3.8) is 0 Å². The summed E-state index contributed by atoms with van der Waals surface area (Å²) in [7, 11) is 0. The lowest BCUT2D eigenvalue weighted by molar-refractivity contribution is 0.0697. The Balaban J connectivity index is 2.15. The minimum atomic E-state index is -1.09. The molecule has 19 heavy (non-hydrogen) atoms. The number of nitrogens with one attached hydrogen (secondary N) is 1. The van der Waals surface area contributed by atoms with Crippen LogP contribution in [0.1, 0.15) is 16.1 Å². The van der Waals surface area contributed by atoms with Crippen LogP contribution in [-0.2, 0) is 6.54 Å². The maximum atomic E-state index is 13.5. The number of aromatic carboxylic acids is 1. The van der Waals surface area contributed by atoms with Crippen LogP contribution in [0, 0.1) is 5.82 Å². The molecule has 0 radical (unpaired) electrons. The molecule has 2 rings (SSSR count). The Labute approximate surface area is 117 Å². The topological polar surface area (TPSA) is 62.2 Å². The largest absolute Gasteiger partial charge is 0.478 e. The van der Waals surface area contributed by atoms with Gasteiger partial charge in [-0.05, 0) is 46.3 Å². The van der Waals surface area contributed by atoms with Crippen LogP contribution in [-0.4, -0.2) is 16.1 Å². The van der Waals surface area contributed by atoms with E-state index in [4.69, 9.17) is 5.11 Å². The average molecular weight is 325 g/mol. The summed E-state index contributed by atoms with van der Waals surface area (Å²) >= 11 is 3.24. The fraction of sp³-hybridized carbons (Fsp3) is 0.0769. The summed E-state index contributed by atoms with van der Waals surface area (Å²) in [4.78, 5) is 15.0. The highest BCUT2D eigenvalue weighted by atomic mass is 79.9. The molecule has 6 heteroatoms. The summed E-state index contributed by atoms with van der Waals surface area (Å²) in [5.74, 6) is -1.59. The van der Waals surface area contributed by atoms with Gasteiger partial charge in [0.25, 0.3) is 0 Å². The van der Waals surface area contributed by atoms with Crippen molar-refractivity contribution in [2.24, 2.45) is 0 Å². The number of nitrogens with zero attached hydrogens (tertiary/aromatic N) is 1. The molecule has 0 aliphatic carbocycles. The van der Waals surface area contributed by atoms with Gasteiger partial charge in [0.1, 0.15) is 10.4 Å². The van der Waals surface area contributed by atoms with E-state index in [1.165, 1.54) is 12.1 Å². The quantitative estimate of drug-likeness (QED) is 0.847. The highest BCUT2D eigenvalue weighted by Crippen LogP contribution is 2.17. The summed E-state index contributed by atoms with van der Waals surface area (Å²) in [6.07, 6.45) is 0. The van der Waals surface area contributed by atoms with Crippen molar-refractivity contribution in [3.05, 3.63) is 58.1 Å². The second kappa shape index (κ2) is 5.79. The SMILES string of the molecule is O=C(O)c1ccc(F)c(NCc2cccc(Br)n2)c1. The van der Waals surface area contributed by atoms with E-state index in [2.05, 4.69) is 26.2 Å². The normalized spacial score (nSPS) is 10.2.